The number of aryl methyl sites for hydroxylation is 1. The second-order valence-corrected chi connectivity index (χ2v) is 4.76. The molecule has 0 amide bonds. The van der Waals surface area contributed by atoms with Gasteiger partial charge in [0.1, 0.15) is 18.0 Å². The first kappa shape index (κ1) is 14.3. The predicted octanol–water partition coefficient (Wildman–Crippen LogP) is 2.79. The van der Waals surface area contributed by atoms with Crippen LogP contribution in [-0.2, 0) is 6.42 Å². The maximum Gasteiger partial charge on any atom is 0.148 e. The highest BCUT2D eigenvalue weighted by Gasteiger charge is 2.15. The van der Waals surface area contributed by atoms with Gasteiger partial charge in [-0.05, 0) is 25.0 Å². The summed E-state index contributed by atoms with van der Waals surface area (Å²) < 4.78 is 0. The molecular formula is C15H21N5. The molecule has 1 aromatic carbocycles. The largest absolute Gasteiger partial charge is 0.329 e. The lowest BCUT2D eigenvalue weighted by molar-refractivity contribution is 0.890. The van der Waals surface area contributed by atoms with Crippen LogP contribution in [0, 0.1) is 6.92 Å². The molecule has 0 saturated heterocycles. The average Bonchev–Trinajstić information content (AvgIpc) is 2.47. The maximum atomic E-state index is 5.56. The second kappa shape index (κ2) is 6.34. The van der Waals surface area contributed by atoms with Crippen LogP contribution in [0.3, 0.4) is 0 Å². The van der Waals surface area contributed by atoms with Crippen molar-refractivity contribution in [3.63, 3.8) is 0 Å². The molecule has 5 heteroatoms. The monoisotopic (exact) mass is 271 g/mol. The van der Waals surface area contributed by atoms with Crippen molar-refractivity contribution in [2.75, 3.05) is 17.4 Å². The minimum atomic E-state index is 0.692. The Bertz CT molecular complexity index is 582. The van der Waals surface area contributed by atoms with Gasteiger partial charge in [-0.25, -0.2) is 15.8 Å². The smallest absolute Gasteiger partial charge is 0.148 e. The molecule has 1 heterocycles. The van der Waals surface area contributed by atoms with E-state index >= 15 is 0 Å². The van der Waals surface area contributed by atoms with Crippen LogP contribution < -0.4 is 16.2 Å². The first-order valence-corrected chi connectivity index (χ1v) is 6.78. The summed E-state index contributed by atoms with van der Waals surface area (Å²) in [5, 5.41) is 0. The van der Waals surface area contributed by atoms with Gasteiger partial charge < -0.3 is 10.3 Å². The van der Waals surface area contributed by atoms with Gasteiger partial charge in [0.05, 0.1) is 0 Å². The topological polar surface area (TPSA) is 67.1 Å². The molecule has 0 radical (unpaired) electrons. The highest BCUT2D eigenvalue weighted by Crippen LogP contribution is 2.30. The van der Waals surface area contributed by atoms with Crippen LogP contribution in [0.4, 0.5) is 17.3 Å². The molecule has 0 aliphatic carbocycles. The summed E-state index contributed by atoms with van der Waals surface area (Å²) in [6.45, 7) is 4.22. The van der Waals surface area contributed by atoms with E-state index in [-0.39, 0.29) is 0 Å². The summed E-state index contributed by atoms with van der Waals surface area (Å²) in [5.74, 6) is 7.14. The van der Waals surface area contributed by atoms with E-state index < -0.39 is 0 Å². The predicted molar refractivity (Wildman–Crippen MR) is 83.1 cm³/mol. The molecule has 20 heavy (non-hydrogen) atoms. The first-order chi connectivity index (χ1) is 9.69. The molecule has 106 valence electrons. The Kier molecular flexibility index (Phi) is 4.53. The zero-order valence-corrected chi connectivity index (χ0v) is 12.2. The number of aromatic nitrogens is 2. The number of nitrogens with two attached hydrogens (primary N) is 1. The number of rotatable bonds is 5. The van der Waals surface area contributed by atoms with Crippen LogP contribution in [0.15, 0.2) is 30.6 Å². The lowest BCUT2D eigenvalue weighted by atomic mass is 10.1. The molecule has 0 atom stereocenters. The fraction of sp³-hybridized carbons (Fsp3) is 0.333. The van der Waals surface area contributed by atoms with E-state index in [9.17, 15) is 0 Å². The molecule has 1 aromatic heterocycles. The van der Waals surface area contributed by atoms with Crippen LogP contribution in [0.25, 0.3) is 0 Å². The SMILES string of the molecule is CCCc1c(NN)ncnc1N(C)c1ccccc1C. The average molecular weight is 271 g/mol. The molecule has 5 nitrogen and oxygen atoms in total. The van der Waals surface area contributed by atoms with E-state index in [1.807, 2.05) is 19.2 Å². The standard InChI is InChI=1S/C15H21N5/c1-4-7-12-14(19-16)17-10-18-15(12)20(3)13-9-6-5-8-11(13)2/h5-6,8-10H,4,7,16H2,1-3H3,(H,17,18,19). The third-order valence-corrected chi connectivity index (χ3v) is 3.35. The van der Waals surface area contributed by atoms with Crippen LogP contribution in [0.1, 0.15) is 24.5 Å². The number of hydrazine groups is 1. The lowest BCUT2D eigenvalue weighted by Crippen LogP contribution is -2.18. The van der Waals surface area contributed by atoms with Crippen molar-refractivity contribution in [2.24, 2.45) is 5.84 Å². The summed E-state index contributed by atoms with van der Waals surface area (Å²) >= 11 is 0. The van der Waals surface area contributed by atoms with Gasteiger partial charge in [-0.3, -0.25) is 0 Å². The molecule has 0 saturated carbocycles. The number of benzene rings is 1. The lowest BCUT2D eigenvalue weighted by Gasteiger charge is -2.23. The number of nitrogens with one attached hydrogen (secondary N) is 1. The number of anilines is 3. The van der Waals surface area contributed by atoms with Crippen molar-refractivity contribution in [3.8, 4) is 0 Å². The quantitative estimate of drug-likeness (QED) is 0.646. The van der Waals surface area contributed by atoms with Crippen molar-refractivity contribution < 1.29 is 0 Å². The summed E-state index contributed by atoms with van der Waals surface area (Å²) in [5.41, 5.74) is 6.05. The van der Waals surface area contributed by atoms with Crippen molar-refractivity contribution in [3.05, 3.63) is 41.7 Å². The number of hydrogen-bond acceptors (Lipinski definition) is 5. The zero-order chi connectivity index (χ0) is 14.5. The molecule has 0 unspecified atom stereocenters. The third-order valence-electron chi connectivity index (χ3n) is 3.35. The minimum Gasteiger partial charge on any atom is -0.329 e. The van der Waals surface area contributed by atoms with Crippen LogP contribution in [0.5, 0.6) is 0 Å². The van der Waals surface area contributed by atoms with Gasteiger partial charge in [-0.2, -0.15) is 0 Å². The Hall–Kier alpha value is -2.14. The third kappa shape index (κ3) is 2.72. The minimum absolute atomic E-state index is 0.692. The summed E-state index contributed by atoms with van der Waals surface area (Å²) in [6, 6.07) is 8.24. The number of para-hydroxylation sites is 1. The molecule has 3 N–H and O–H groups in total. The van der Waals surface area contributed by atoms with Gasteiger partial charge in [0.15, 0.2) is 0 Å². The highest BCUT2D eigenvalue weighted by molar-refractivity contribution is 5.68. The highest BCUT2D eigenvalue weighted by atomic mass is 15.3. The Labute approximate surface area is 119 Å². The van der Waals surface area contributed by atoms with Gasteiger partial charge in [0.25, 0.3) is 0 Å². The molecular weight excluding hydrogens is 250 g/mol. The van der Waals surface area contributed by atoms with Crippen molar-refractivity contribution in [1.82, 2.24) is 9.97 Å². The summed E-state index contributed by atoms with van der Waals surface area (Å²) in [7, 11) is 2.02. The van der Waals surface area contributed by atoms with Gasteiger partial charge in [0, 0.05) is 18.3 Å². The molecule has 0 aliphatic rings. The van der Waals surface area contributed by atoms with Crippen molar-refractivity contribution in [2.45, 2.75) is 26.7 Å². The van der Waals surface area contributed by atoms with E-state index in [0.717, 1.165) is 29.9 Å². The van der Waals surface area contributed by atoms with Crippen molar-refractivity contribution in [1.29, 1.82) is 0 Å². The molecule has 2 aromatic rings. The Morgan fingerprint density at radius 1 is 1.25 bits per heavy atom. The van der Waals surface area contributed by atoms with E-state index in [4.69, 9.17) is 5.84 Å². The number of nitrogen functional groups attached to an aromatic ring is 1. The Balaban J connectivity index is 2.49. The fourth-order valence-electron chi connectivity index (χ4n) is 2.35. The number of hydrogen-bond donors (Lipinski definition) is 2. The molecule has 0 fully saturated rings. The van der Waals surface area contributed by atoms with E-state index in [1.54, 1.807) is 6.33 Å². The number of nitrogens with zero attached hydrogens (tertiary/aromatic N) is 3. The van der Waals surface area contributed by atoms with Crippen LogP contribution in [0.2, 0.25) is 0 Å². The fourth-order valence-corrected chi connectivity index (χ4v) is 2.35. The van der Waals surface area contributed by atoms with E-state index in [2.05, 4.69) is 46.3 Å². The Morgan fingerprint density at radius 3 is 2.65 bits per heavy atom. The Morgan fingerprint density at radius 2 is 2.00 bits per heavy atom. The molecule has 0 bridgehead atoms. The van der Waals surface area contributed by atoms with E-state index in [1.165, 1.54) is 5.56 Å². The summed E-state index contributed by atoms with van der Waals surface area (Å²) in [4.78, 5) is 10.7. The van der Waals surface area contributed by atoms with Gasteiger partial charge in [-0.15, -0.1) is 0 Å². The van der Waals surface area contributed by atoms with Crippen LogP contribution >= 0.6 is 0 Å². The van der Waals surface area contributed by atoms with Gasteiger partial charge in [0.2, 0.25) is 0 Å². The molecule has 0 spiro atoms. The summed E-state index contributed by atoms with van der Waals surface area (Å²) in [6.07, 6.45) is 3.43. The van der Waals surface area contributed by atoms with E-state index in [0.29, 0.717) is 5.82 Å². The van der Waals surface area contributed by atoms with Gasteiger partial charge in [-0.1, -0.05) is 31.5 Å². The molecule has 2 rings (SSSR count). The second-order valence-electron chi connectivity index (χ2n) is 4.76. The van der Waals surface area contributed by atoms with Crippen molar-refractivity contribution >= 4 is 17.3 Å². The normalized spacial score (nSPS) is 10.4. The maximum absolute atomic E-state index is 5.56. The zero-order valence-electron chi connectivity index (χ0n) is 12.2. The molecule has 0 aliphatic heterocycles. The first-order valence-electron chi connectivity index (χ1n) is 6.78. The van der Waals surface area contributed by atoms with Gasteiger partial charge >= 0.3 is 0 Å². The van der Waals surface area contributed by atoms with Crippen LogP contribution in [-0.4, -0.2) is 17.0 Å².